The van der Waals surface area contributed by atoms with Crippen LogP contribution in [0.1, 0.15) is 15.9 Å². The molecule has 22 heavy (non-hydrogen) atoms. The van der Waals surface area contributed by atoms with Gasteiger partial charge in [0.05, 0.1) is 10.5 Å². The van der Waals surface area contributed by atoms with Crippen molar-refractivity contribution in [3.8, 4) is 5.75 Å². The van der Waals surface area contributed by atoms with Crippen LogP contribution >= 0.6 is 0 Å². The number of ketones is 1. The van der Waals surface area contributed by atoms with Gasteiger partial charge in [-0.05, 0) is 29.5 Å². The van der Waals surface area contributed by atoms with E-state index in [-0.39, 0.29) is 5.56 Å². The number of carbonyl (C=O) groups excluding carboxylic acids is 1. The highest BCUT2D eigenvalue weighted by Crippen LogP contribution is 2.24. The van der Waals surface area contributed by atoms with Gasteiger partial charge in [0.15, 0.2) is 5.78 Å². The molecule has 0 aliphatic heterocycles. The van der Waals surface area contributed by atoms with E-state index in [2.05, 4.69) is 0 Å². The molecule has 0 fully saturated rings. The first-order valence-electron chi connectivity index (χ1n) is 6.02. The number of nitro benzene ring substituents is 1. The van der Waals surface area contributed by atoms with Gasteiger partial charge < -0.3 is 5.11 Å². The van der Waals surface area contributed by atoms with Gasteiger partial charge >= 0.3 is 0 Å². The summed E-state index contributed by atoms with van der Waals surface area (Å²) < 4.78 is 26.8. The number of allylic oxidation sites excluding steroid dienone is 1. The van der Waals surface area contributed by atoms with Gasteiger partial charge in [0.1, 0.15) is 11.6 Å². The molecule has 0 spiro atoms. The van der Waals surface area contributed by atoms with Gasteiger partial charge in [-0.25, -0.2) is 8.78 Å². The first-order valence-corrected chi connectivity index (χ1v) is 6.02. The van der Waals surface area contributed by atoms with Crippen LogP contribution in [-0.4, -0.2) is 10.7 Å². The van der Waals surface area contributed by atoms with Gasteiger partial charge in [-0.15, -0.1) is 0 Å². The zero-order chi connectivity index (χ0) is 16.3. The first-order chi connectivity index (χ1) is 10.4. The van der Waals surface area contributed by atoms with Crippen LogP contribution in [0, 0.1) is 21.7 Å². The summed E-state index contributed by atoms with van der Waals surface area (Å²) in [6.45, 7) is 0. The summed E-state index contributed by atoms with van der Waals surface area (Å²) in [4.78, 5) is 21.6. The Morgan fingerprint density at radius 2 is 1.77 bits per heavy atom. The van der Waals surface area contributed by atoms with E-state index in [9.17, 15) is 28.8 Å². The second-order valence-electron chi connectivity index (χ2n) is 4.28. The minimum absolute atomic E-state index is 0.191. The van der Waals surface area contributed by atoms with Crippen molar-refractivity contribution in [3.05, 3.63) is 75.3 Å². The van der Waals surface area contributed by atoms with Crippen LogP contribution < -0.4 is 5.11 Å². The van der Waals surface area contributed by atoms with E-state index in [1.54, 1.807) is 0 Å². The molecule has 0 atom stereocenters. The third kappa shape index (κ3) is 3.14. The molecule has 112 valence electrons. The molecule has 2 rings (SSSR count). The lowest BCUT2D eigenvalue weighted by molar-refractivity contribution is -0.398. The van der Waals surface area contributed by atoms with Gasteiger partial charge in [0, 0.05) is 6.07 Å². The Morgan fingerprint density at radius 3 is 2.36 bits per heavy atom. The lowest BCUT2D eigenvalue weighted by Crippen LogP contribution is -2.02. The Morgan fingerprint density at radius 1 is 1.14 bits per heavy atom. The molecule has 0 radical (unpaired) electrons. The fraction of sp³-hybridized carbons (Fsp3) is 0. The van der Waals surface area contributed by atoms with Crippen molar-refractivity contribution < 1.29 is 23.6 Å². The third-order valence-electron chi connectivity index (χ3n) is 2.82. The molecule has 7 heteroatoms. The number of benzene rings is 2. The van der Waals surface area contributed by atoms with Crippen LogP contribution in [-0.2, 0) is 0 Å². The zero-order valence-electron chi connectivity index (χ0n) is 11.0. The maximum absolute atomic E-state index is 13.4. The van der Waals surface area contributed by atoms with Crippen LogP contribution in [0.25, 0.3) is 6.08 Å². The van der Waals surface area contributed by atoms with Crippen LogP contribution in [0.3, 0.4) is 0 Å². The molecule has 0 heterocycles. The number of hydrogen-bond donors (Lipinski definition) is 0. The van der Waals surface area contributed by atoms with Crippen molar-refractivity contribution in [2.75, 3.05) is 0 Å². The third-order valence-corrected chi connectivity index (χ3v) is 2.82. The Labute approximate surface area is 123 Å². The number of nitrogens with zero attached hydrogens (tertiary/aromatic N) is 1. The molecule has 0 saturated heterocycles. The molecule has 0 amide bonds. The van der Waals surface area contributed by atoms with Gasteiger partial charge in [-0.1, -0.05) is 24.3 Å². The second kappa shape index (κ2) is 6.13. The summed E-state index contributed by atoms with van der Waals surface area (Å²) >= 11 is 0. The molecule has 0 aliphatic rings. The summed E-state index contributed by atoms with van der Waals surface area (Å²) in [5.74, 6) is -3.70. The fourth-order valence-corrected chi connectivity index (χ4v) is 1.77. The highest BCUT2D eigenvalue weighted by molar-refractivity contribution is 6.07. The molecule has 0 aromatic heterocycles. The zero-order valence-corrected chi connectivity index (χ0v) is 11.0. The molecule has 2 aromatic rings. The smallest absolute Gasteiger partial charge is 0.262 e. The standard InChI is InChI=1S/C15H9F2NO4/c16-10-2-1-3-11(17)15(10)14(20)7-5-9-4-6-13(19)12(8-9)18(21)22/h1-8,19H/p-1/b7-5+. The van der Waals surface area contributed by atoms with Gasteiger partial charge in [0.2, 0.25) is 0 Å². The van der Waals surface area contributed by atoms with Crippen LogP contribution in [0.15, 0.2) is 42.5 Å². The topological polar surface area (TPSA) is 83.3 Å². The van der Waals surface area contributed by atoms with Crippen molar-refractivity contribution in [3.63, 3.8) is 0 Å². The second-order valence-corrected chi connectivity index (χ2v) is 4.28. The Balaban J connectivity index is 2.31. The van der Waals surface area contributed by atoms with E-state index in [0.717, 1.165) is 42.5 Å². The molecular weight excluding hydrogens is 296 g/mol. The Kier molecular flexibility index (Phi) is 4.26. The van der Waals surface area contributed by atoms with Crippen molar-refractivity contribution in [2.45, 2.75) is 0 Å². The lowest BCUT2D eigenvalue weighted by atomic mass is 10.1. The quantitative estimate of drug-likeness (QED) is 0.376. The van der Waals surface area contributed by atoms with E-state index >= 15 is 0 Å². The summed E-state index contributed by atoms with van der Waals surface area (Å²) in [7, 11) is 0. The molecule has 2 aromatic carbocycles. The predicted molar refractivity (Wildman–Crippen MR) is 72.3 cm³/mol. The predicted octanol–water partition coefficient (Wildman–Crippen LogP) is 2.84. The fourth-order valence-electron chi connectivity index (χ4n) is 1.77. The van der Waals surface area contributed by atoms with Crippen LogP contribution in [0.5, 0.6) is 5.75 Å². The maximum atomic E-state index is 13.4. The molecule has 0 N–H and O–H groups in total. The summed E-state index contributed by atoms with van der Waals surface area (Å²) in [5, 5.41) is 21.9. The van der Waals surface area contributed by atoms with E-state index in [0.29, 0.717) is 0 Å². The van der Waals surface area contributed by atoms with E-state index in [4.69, 9.17) is 0 Å². The average Bonchev–Trinajstić information content (AvgIpc) is 2.46. The number of halogens is 2. The lowest BCUT2D eigenvalue weighted by Gasteiger charge is -2.06. The van der Waals surface area contributed by atoms with Gasteiger partial charge in [-0.2, -0.15) is 0 Å². The number of hydrogen-bond acceptors (Lipinski definition) is 4. The number of rotatable bonds is 4. The molecule has 0 aliphatic carbocycles. The highest BCUT2D eigenvalue weighted by atomic mass is 19.1. The van der Waals surface area contributed by atoms with Crippen molar-refractivity contribution in [1.82, 2.24) is 0 Å². The maximum Gasteiger partial charge on any atom is 0.262 e. The Bertz CT molecular complexity index is 767. The largest absolute Gasteiger partial charge is 0.868 e. The summed E-state index contributed by atoms with van der Waals surface area (Å²) in [5.41, 5.74) is -1.17. The molecule has 0 bridgehead atoms. The van der Waals surface area contributed by atoms with Gasteiger partial charge in [0.25, 0.3) is 5.69 Å². The van der Waals surface area contributed by atoms with Crippen LogP contribution in [0.2, 0.25) is 0 Å². The molecular formula is C15H8F2NO4-. The van der Waals surface area contributed by atoms with Crippen molar-refractivity contribution in [2.24, 2.45) is 0 Å². The Hall–Kier alpha value is -3.09. The summed E-state index contributed by atoms with van der Waals surface area (Å²) in [6, 6.07) is 6.23. The summed E-state index contributed by atoms with van der Waals surface area (Å²) in [6.07, 6.45) is 2.02. The monoisotopic (exact) mass is 304 g/mol. The van der Waals surface area contributed by atoms with E-state index in [1.807, 2.05) is 0 Å². The minimum atomic E-state index is -1.00. The number of carbonyl (C=O) groups is 1. The van der Waals surface area contributed by atoms with Crippen molar-refractivity contribution >= 4 is 17.5 Å². The van der Waals surface area contributed by atoms with E-state index < -0.39 is 39.3 Å². The molecule has 0 unspecified atom stereocenters. The molecule has 0 saturated carbocycles. The highest BCUT2D eigenvalue weighted by Gasteiger charge is 2.14. The number of nitro groups is 1. The average molecular weight is 304 g/mol. The molecule has 5 nitrogen and oxygen atoms in total. The van der Waals surface area contributed by atoms with Crippen LogP contribution in [0.4, 0.5) is 14.5 Å². The minimum Gasteiger partial charge on any atom is -0.868 e. The van der Waals surface area contributed by atoms with E-state index in [1.165, 1.54) is 6.07 Å². The van der Waals surface area contributed by atoms with Gasteiger partial charge in [-0.3, -0.25) is 14.9 Å². The SMILES string of the molecule is O=C(/C=C/c1ccc([O-])c([N+](=O)[O-])c1)c1c(F)cccc1F. The first kappa shape index (κ1) is 15.3. The normalized spacial score (nSPS) is 10.8. The van der Waals surface area contributed by atoms with Crippen molar-refractivity contribution in [1.29, 1.82) is 0 Å².